The summed E-state index contributed by atoms with van der Waals surface area (Å²) in [6, 6.07) is 13.4. The monoisotopic (exact) mass is 265 g/mol. The van der Waals surface area contributed by atoms with Crippen LogP contribution in [0.25, 0.3) is 27.5 Å². The van der Waals surface area contributed by atoms with E-state index in [4.69, 9.17) is 0 Å². The molecule has 0 spiro atoms. The molecule has 3 heterocycles. The van der Waals surface area contributed by atoms with Gasteiger partial charge in [-0.25, -0.2) is 0 Å². The van der Waals surface area contributed by atoms with Crippen LogP contribution in [0.15, 0.2) is 65.1 Å². The third kappa shape index (κ3) is 1.01. The molecule has 1 aliphatic carbocycles. The Labute approximate surface area is 121 Å². The lowest BCUT2D eigenvalue weighted by molar-refractivity contribution is 1.01. The van der Waals surface area contributed by atoms with Crippen molar-refractivity contribution >= 4 is 27.5 Å². The van der Waals surface area contributed by atoms with Crippen LogP contribution in [0, 0.1) is 0 Å². The van der Waals surface area contributed by atoms with Crippen molar-refractivity contribution in [3.05, 3.63) is 76.2 Å². The number of benzene rings is 2. The molecule has 3 aromatic rings. The molecule has 0 N–H and O–H groups in total. The number of rotatable bonds is 0. The Kier molecular flexibility index (Phi) is 1.50. The second-order valence-corrected chi connectivity index (χ2v) is 6.08. The molecule has 1 heteroatoms. The van der Waals surface area contributed by atoms with E-state index in [-0.39, 0.29) is 0 Å². The molecular formula is C20H11N. The summed E-state index contributed by atoms with van der Waals surface area (Å²) in [4.78, 5) is 0. The van der Waals surface area contributed by atoms with Gasteiger partial charge in [-0.3, -0.25) is 0 Å². The summed E-state index contributed by atoms with van der Waals surface area (Å²) < 4.78 is 2.48. The molecule has 0 amide bonds. The van der Waals surface area contributed by atoms with Gasteiger partial charge >= 0.3 is 0 Å². The Morgan fingerprint density at radius 3 is 2.33 bits per heavy atom. The van der Waals surface area contributed by atoms with E-state index in [0.29, 0.717) is 0 Å². The van der Waals surface area contributed by atoms with Gasteiger partial charge in [-0.05, 0) is 22.8 Å². The molecular weight excluding hydrogens is 254 g/mol. The maximum absolute atomic E-state index is 3.35. The zero-order valence-electron chi connectivity index (χ0n) is 11.4. The first-order chi connectivity index (χ1) is 10.4. The van der Waals surface area contributed by atoms with Crippen molar-refractivity contribution in [1.29, 1.82) is 0 Å². The standard InChI is InChI=1S/C20H11N/c1-4-12-10-14-6-2-8-16-17-9-3-7-15-11-13(5-1)18(12)21(19(14)16)20(15)17/h2-4,6-9H,10-11H2. The molecule has 21 heavy (non-hydrogen) atoms. The van der Waals surface area contributed by atoms with E-state index in [1.54, 1.807) is 0 Å². The zero-order chi connectivity index (χ0) is 13.6. The zero-order valence-corrected chi connectivity index (χ0v) is 11.4. The van der Waals surface area contributed by atoms with E-state index in [0.717, 1.165) is 12.8 Å². The smallest absolute Gasteiger partial charge is 0.0623 e. The van der Waals surface area contributed by atoms with E-state index >= 15 is 0 Å². The maximum Gasteiger partial charge on any atom is 0.0623 e. The molecule has 0 bridgehead atoms. The van der Waals surface area contributed by atoms with E-state index in [2.05, 4.69) is 58.5 Å². The topological polar surface area (TPSA) is 4.93 Å². The first kappa shape index (κ1) is 10.1. The third-order valence-electron chi connectivity index (χ3n) is 5.01. The second kappa shape index (κ2) is 3.13. The summed E-state index contributed by atoms with van der Waals surface area (Å²) in [7, 11) is 0. The molecule has 3 aliphatic rings. The number of para-hydroxylation sites is 2. The van der Waals surface area contributed by atoms with Crippen LogP contribution in [0.5, 0.6) is 0 Å². The fourth-order valence-electron chi connectivity index (χ4n) is 4.23. The highest BCUT2D eigenvalue weighted by molar-refractivity contribution is 6.14. The molecule has 0 saturated carbocycles. The van der Waals surface area contributed by atoms with E-state index in [9.17, 15) is 0 Å². The van der Waals surface area contributed by atoms with E-state index in [1.807, 2.05) is 0 Å². The molecule has 96 valence electrons. The predicted molar refractivity (Wildman–Crippen MR) is 85.2 cm³/mol. The number of hydrogen-bond acceptors (Lipinski definition) is 0. The van der Waals surface area contributed by atoms with E-state index in [1.165, 1.54) is 49.8 Å². The van der Waals surface area contributed by atoms with Crippen molar-refractivity contribution in [2.75, 3.05) is 0 Å². The highest BCUT2D eigenvalue weighted by atomic mass is 15.0. The lowest BCUT2D eigenvalue weighted by Gasteiger charge is -2.28. The quantitative estimate of drug-likeness (QED) is 0.532. The van der Waals surface area contributed by atoms with Gasteiger partial charge in [0.25, 0.3) is 0 Å². The number of aromatic nitrogens is 1. The van der Waals surface area contributed by atoms with Crippen LogP contribution in [0.3, 0.4) is 0 Å². The average Bonchev–Trinajstić information content (AvgIpc) is 2.86. The minimum atomic E-state index is 0.975. The van der Waals surface area contributed by atoms with Crippen molar-refractivity contribution in [3.63, 3.8) is 0 Å². The molecule has 1 aromatic heterocycles. The van der Waals surface area contributed by atoms with Crippen LogP contribution in [-0.4, -0.2) is 4.57 Å². The van der Waals surface area contributed by atoms with Crippen molar-refractivity contribution in [3.8, 4) is 0 Å². The summed E-state index contributed by atoms with van der Waals surface area (Å²) in [5.41, 5.74) is 16.2. The fraction of sp³-hybridized carbons (Fsp3) is 0.100. The number of hydrogen-bond donors (Lipinski definition) is 0. The number of allylic oxidation sites excluding steroid dienone is 4. The lowest BCUT2D eigenvalue weighted by atomic mass is 9.89. The summed E-state index contributed by atoms with van der Waals surface area (Å²) in [6.45, 7) is 0. The van der Waals surface area contributed by atoms with Gasteiger partial charge in [-0.2, -0.15) is 0 Å². The molecule has 0 fully saturated rings. The Morgan fingerprint density at radius 2 is 1.57 bits per heavy atom. The van der Waals surface area contributed by atoms with Crippen molar-refractivity contribution in [2.45, 2.75) is 12.8 Å². The normalized spacial score (nSPS) is 17.2. The van der Waals surface area contributed by atoms with Crippen LogP contribution in [0.2, 0.25) is 0 Å². The van der Waals surface area contributed by atoms with E-state index < -0.39 is 0 Å². The predicted octanol–water partition coefficient (Wildman–Crippen LogP) is 4.37. The molecule has 6 rings (SSSR count). The average molecular weight is 265 g/mol. The molecule has 2 aliphatic heterocycles. The lowest BCUT2D eigenvalue weighted by Crippen LogP contribution is -2.16. The Balaban J connectivity index is 2.02. The number of fused-ring (bicyclic) bond motifs is 1. The van der Waals surface area contributed by atoms with Crippen molar-refractivity contribution < 1.29 is 0 Å². The minimum absolute atomic E-state index is 0.975. The van der Waals surface area contributed by atoms with Gasteiger partial charge in [0, 0.05) is 29.2 Å². The first-order valence-electron chi connectivity index (χ1n) is 7.40. The minimum Gasteiger partial charge on any atom is -0.307 e. The molecule has 0 atom stereocenters. The Hall–Kier alpha value is -2.72. The van der Waals surface area contributed by atoms with Crippen LogP contribution >= 0.6 is 0 Å². The molecule has 1 nitrogen and oxygen atoms in total. The summed E-state index contributed by atoms with van der Waals surface area (Å²) in [5, 5.41) is 2.77. The van der Waals surface area contributed by atoms with Crippen LogP contribution in [-0.2, 0) is 12.8 Å². The number of nitrogens with zero attached hydrogens (tertiary/aromatic N) is 1. The van der Waals surface area contributed by atoms with Gasteiger partial charge < -0.3 is 4.57 Å². The Bertz CT molecular complexity index is 1110. The van der Waals surface area contributed by atoms with Gasteiger partial charge in [0.2, 0.25) is 0 Å². The van der Waals surface area contributed by atoms with Gasteiger partial charge in [0.15, 0.2) is 0 Å². The van der Waals surface area contributed by atoms with Crippen molar-refractivity contribution in [1.82, 2.24) is 4.57 Å². The second-order valence-electron chi connectivity index (χ2n) is 6.08. The summed E-state index contributed by atoms with van der Waals surface area (Å²) in [5.74, 6) is 0. The molecule has 0 unspecified atom stereocenters. The summed E-state index contributed by atoms with van der Waals surface area (Å²) >= 11 is 0. The van der Waals surface area contributed by atoms with Crippen LogP contribution in [0.4, 0.5) is 0 Å². The van der Waals surface area contributed by atoms with Crippen molar-refractivity contribution in [2.24, 2.45) is 0 Å². The first-order valence-corrected chi connectivity index (χ1v) is 7.40. The van der Waals surface area contributed by atoms with Gasteiger partial charge in [0.1, 0.15) is 0 Å². The third-order valence-corrected chi connectivity index (χ3v) is 5.01. The van der Waals surface area contributed by atoms with Crippen LogP contribution in [0.1, 0.15) is 11.1 Å². The maximum atomic E-state index is 3.35. The molecule has 0 radical (unpaired) electrons. The fourth-order valence-corrected chi connectivity index (χ4v) is 4.23. The molecule has 0 saturated heterocycles. The van der Waals surface area contributed by atoms with Gasteiger partial charge in [-0.1, -0.05) is 47.9 Å². The summed E-state index contributed by atoms with van der Waals surface area (Å²) in [6.07, 6.45) is 4.10. The van der Waals surface area contributed by atoms with Gasteiger partial charge in [0.05, 0.1) is 16.7 Å². The molecule has 2 aromatic carbocycles. The largest absolute Gasteiger partial charge is 0.307 e. The highest BCUT2D eigenvalue weighted by Crippen LogP contribution is 2.46. The SMILES string of the molecule is C1=C=C2Cc3cccc4c5cccc6c5n(c34)C2=C(C=1)C6. The van der Waals surface area contributed by atoms with Gasteiger partial charge in [-0.15, -0.1) is 0 Å². The highest BCUT2D eigenvalue weighted by Gasteiger charge is 2.30. The van der Waals surface area contributed by atoms with Crippen LogP contribution < -0.4 is 0 Å². The Morgan fingerprint density at radius 1 is 0.857 bits per heavy atom.